The fourth-order valence-corrected chi connectivity index (χ4v) is 2.09. The summed E-state index contributed by atoms with van der Waals surface area (Å²) in [6, 6.07) is -1.25. The Kier molecular flexibility index (Phi) is 5.73. The van der Waals surface area contributed by atoms with Crippen LogP contribution in [-0.4, -0.2) is 53.8 Å². The number of carbonyl (C=O) groups excluding carboxylic acids is 1. The number of hydrogen-bond acceptors (Lipinski definition) is 6. The van der Waals surface area contributed by atoms with Crippen LogP contribution in [0.3, 0.4) is 0 Å². The molecule has 0 aromatic heterocycles. The normalized spacial score (nSPS) is 25.5. The van der Waals surface area contributed by atoms with Gasteiger partial charge in [-0.2, -0.15) is 11.8 Å². The third-order valence-corrected chi connectivity index (χ3v) is 3.25. The number of aliphatic carboxylic acids is 1. The standard InChI is InChI=1S/C10H18N2O4S/c1-17-3-2-7(11)10(15)16-6-4-8(9(13)14)12-5-6/h6-8,12H,2-5,11H2,1H3,(H,13,14)/t6-,7?,8+/m1/s1. The van der Waals surface area contributed by atoms with Crippen molar-refractivity contribution in [3.8, 4) is 0 Å². The minimum atomic E-state index is -0.921. The number of carboxylic acids is 1. The molecule has 1 saturated heterocycles. The van der Waals surface area contributed by atoms with Crippen molar-refractivity contribution >= 4 is 23.7 Å². The zero-order chi connectivity index (χ0) is 12.8. The molecule has 4 N–H and O–H groups in total. The van der Waals surface area contributed by atoms with Crippen LogP contribution in [0.15, 0.2) is 0 Å². The molecule has 3 atom stereocenters. The van der Waals surface area contributed by atoms with Gasteiger partial charge >= 0.3 is 11.9 Å². The second-order valence-corrected chi connectivity index (χ2v) is 4.97. The zero-order valence-corrected chi connectivity index (χ0v) is 10.5. The van der Waals surface area contributed by atoms with Crippen LogP contribution in [0.2, 0.25) is 0 Å². The van der Waals surface area contributed by atoms with Crippen LogP contribution in [-0.2, 0) is 14.3 Å². The first-order chi connectivity index (χ1) is 8.04. The van der Waals surface area contributed by atoms with Gasteiger partial charge in [-0.15, -0.1) is 0 Å². The second-order valence-electron chi connectivity index (χ2n) is 3.98. The highest BCUT2D eigenvalue weighted by Gasteiger charge is 2.32. The summed E-state index contributed by atoms with van der Waals surface area (Å²) in [6.45, 7) is 0.373. The lowest BCUT2D eigenvalue weighted by molar-refractivity contribution is -0.150. The average Bonchev–Trinajstić information content (AvgIpc) is 2.74. The lowest BCUT2D eigenvalue weighted by Crippen LogP contribution is -2.36. The first kappa shape index (κ1) is 14.3. The number of carbonyl (C=O) groups is 2. The van der Waals surface area contributed by atoms with Gasteiger partial charge in [0.1, 0.15) is 18.2 Å². The van der Waals surface area contributed by atoms with Crippen LogP contribution >= 0.6 is 11.8 Å². The van der Waals surface area contributed by atoms with E-state index >= 15 is 0 Å². The van der Waals surface area contributed by atoms with Crippen LogP contribution in [0.4, 0.5) is 0 Å². The van der Waals surface area contributed by atoms with Crippen LogP contribution in [0.25, 0.3) is 0 Å². The summed E-state index contributed by atoms with van der Waals surface area (Å²) >= 11 is 1.62. The van der Waals surface area contributed by atoms with Crippen LogP contribution in [0.5, 0.6) is 0 Å². The van der Waals surface area contributed by atoms with Crippen molar-refractivity contribution in [2.24, 2.45) is 5.73 Å². The maximum absolute atomic E-state index is 11.5. The van der Waals surface area contributed by atoms with Gasteiger partial charge in [0.05, 0.1) is 0 Å². The maximum Gasteiger partial charge on any atom is 0.323 e. The third-order valence-electron chi connectivity index (χ3n) is 2.61. The molecule has 0 amide bonds. The van der Waals surface area contributed by atoms with Crippen molar-refractivity contribution in [3.63, 3.8) is 0 Å². The highest BCUT2D eigenvalue weighted by Crippen LogP contribution is 2.12. The monoisotopic (exact) mass is 262 g/mol. The number of hydrogen-bond donors (Lipinski definition) is 3. The predicted molar refractivity (Wildman–Crippen MR) is 64.9 cm³/mol. The van der Waals surface area contributed by atoms with Crippen LogP contribution < -0.4 is 11.1 Å². The molecule has 0 saturated carbocycles. The molecular weight excluding hydrogens is 244 g/mol. The first-order valence-corrected chi connectivity index (χ1v) is 6.85. The molecule has 1 rings (SSSR count). The Morgan fingerprint density at radius 1 is 1.65 bits per heavy atom. The molecule has 7 heteroatoms. The van der Waals surface area contributed by atoms with E-state index < -0.39 is 24.0 Å². The van der Waals surface area contributed by atoms with E-state index in [1.54, 1.807) is 11.8 Å². The van der Waals surface area contributed by atoms with E-state index in [1.165, 1.54) is 0 Å². The predicted octanol–water partition coefficient (Wildman–Crippen LogP) is -0.575. The summed E-state index contributed by atoms with van der Waals surface area (Å²) in [5.74, 6) is -0.566. The molecule has 1 fully saturated rings. The molecule has 0 bridgehead atoms. The summed E-state index contributed by atoms with van der Waals surface area (Å²) in [5.41, 5.74) is 5.65. The Bertz CT molecular complexity index is 287. The number of thioether (sulfide) groups is 1. The van der Waals surface area contributed by atoms with Crippen molar-refractivity contribution in [1.82, 2.24) is 5.32 Å². The van der Waals surface area contributed by atoms with E-state index in [-0.39, 0.29) is 6.10 Å². The lowest BCUT2D eigenvalue weighted by atomic mass is 10.2. The topological polar surface area (TPSA) is 102 Å². The second kappa shape index (κ2) is 6.83. The van der Waals surface area contributed by atoms with E-state index in [1.807, 2.05) is 6.26 Å². The number of nitrogens with two attached hydrogens (primary N) is 1. The van der Waals surface area contributed by atoms with Crippen molar-refractivity contribution in [3.05, 3.63) is 0 Å². The SMILES string of the molecule is CSCCC(N)C(=O)O[C@H]1CN[C@H](C(=O)O)C1. The van der Waals surface area contributed by atoms with Gasteiger partial charge in [-0.05, 0) is 18.4 Å². The van der Waals surface area contributed by atoms with Gasteiger partial charge in [0.15, 0.2) is 0 Å². The molecule has 1 aliphatic rings. The fourth-order valence-electron chi connectivity index (χ4n) is 1.60. The molecule has 0 aromatic carbocycles. The summed E-state index contributed by atoms with van der Waals surface area (Å²) in [4.78, 5) is 22.2. The quantitative estimate of drug-likeness (QED) is 0.551. The van der Waals surface area contributed by atoms with Gasteiger partial charge < -0.3 is 20.9 Å². The van der Waals surface area contributed by atoms with Gasteiger partial charge in [-0.3, -0.25) is 9.59 Å². The summed E-state index contributed by atoms with van der Waals surface area (Å²) in [6.07, 6.45) is 2.43. The Balaban J connectivity index is 2.30. The highest BCUT2D eigenvalue weighted by molar-refractivity contribution is 7.98. The Morgan fingerprint density at radius 3 is 2.88 bits per heavy atom. The molecule has 1 heterocycles. The summed E-state index contributed by atoms with van der Waals surface area (Å²) in [7, 11) is 0. The highest BCUT2D eigenvalue weighted by atomic mass is 32.2. The molecule has 6 nitrogen and oxygen atoms in total. The fraction of sp³-hybridized carbons (Fsp3) is 0.800. The maximum atomic E-state index is 11.5. The van der Waals surface area contributed by atoms with E-state index in [9.17, 15) is 9.59 Å². The van der Waals surface area contributed by atoms with Crippen molar-refractivity contribution in [2.75, 3.05) is 18.6 Å². The Morgan fingerprint density at radius 2 is 2.35 bits per heavy atom. The van der Waals surface area contributed by atoms with Gasteiger partial charge in [0.25, 0.3) is 0 Å². The van der Waals surface area contributed by atoms with Crippen molar-refractivity contribution in [1.29, 1.82) is 0 Å². The molecular formula is C10H18N2O4S. The van der Waals surface area contributed by atoms with Gasteiger partial charge in [-0.1, -0.05) is 0 Å². The number of rotatable bonds is 6. The lowest BCUT2D eigenvalue weighted by Gasteiger charge is -2.15. The van der Waals surface area contributed by atoms with E-state index in [0.29, 0.717) is 19.4 Å². The van der Waals surface area contributed by atoms with Crippen molar-refractivity contribution < 1.29 is 19.4 Å². The molecule has 1 aliphatic heterocycles. The minimum Gasteiger partial charge on any atom is -0.480 e. The zero-order valence-electron chi connectivity index (χ0n) is 9.72. The number of carboxylic acid groups (broad SMARTS) is 1. The van der Waals surface area contributed by atoms with Crippen LogP contribution in [0.1, 0.15) is 12.8 Å². The van der Waals surface area contributed by atoms with Gasteiger partial charge in [-0.25, -0.2) is 0 Å². The smallest absolute Gasteiger partial charge is 0.323 e. The number of esters is 1. The number of ether oxygens (including phenoxy) is 1. The Hall–Kier alpha value is -0.790. The number of nitrogens with one attached hydrogen (secondary N) is 1. The molecule has 0 spiro atoms. The van der Waals surface area contributed by atoms with Crippen LogP contribution in [0, 0.1) is 0 Å². The van der Waals surface area contributed by atoms with E-state index in [0.717, 1.165) is 5.75 Å². The molecule has 0 aromatic rings. The molecule has 98 valence electrons. The summed E-state index contributed by atoms with van der Waals surface area (Å²) < 4.78 is 5.15. The molecule has 1 unspecified atom stereocenters. The summed E-state index contributed by atoms with van der Waals surface area (Å²) in [5, 5.41) is 11.5. The van der Waals surface area contributed by atoms with Crippen molar-refractivity contribution in [2.45, 2.75) is 31.0 Å². The molecule has 0 radical (unpaired) electrons. The van der Waals surface area contributed by atoms with E-state index in [4.69, 9.17) is 15.6 Å². The largest absolute Gasteiger partial charge is 0.480 e. The van der Waals surface area contributed by atoms with E-state index in [2.05, 4.69) is 5.32 Å². The average molecular weight is 262 g/mol. The molecule has 0 aliphatic carbocycles. The van der Waals surface area contributed by atoms with Gasteiger partial charge in [0.2, 0.25) is 0 Å². The first-order valence-electron chi connectivity index (χ1n) is 5.45. The van der Waals surface area contributed by atoms with Gasteiger partial charge in [0, 0.05) is 13.0 Å². The minimum absolute atomic E-state index is 0.302. The Labute approximate surface area is 104 Å². The molecule has 17 heavy (non-hydrogen) atoms. The third kappa shape index (κ3) is 4.53.